The Morgan fingerprint density at radius 3 is 2.80 bits per heavy atom. The first kappa shape index (κ1) is 12.4. The third kappa shape index (κ3) is 2.39. The summed E-state index contributed by atoms with van der Waals surface area (Å²) in [5.41, 5.74) is 6.47. The second-order valence-electron chi connectivity index (χ2n) is 3.92. The first-order chi connectivity index (χ1) is 9.74. The highest BCUT2D eigenvalue weighted by Crippen LogP contribution is 2.24. The summed E-state index contributed by atoms with van der Waals surface area (Å²) in [4.78, 5) is 16.3. The van der Waals surface area contributed by atoms with Crippen molar-refractivity contribution in [1.29, 1.82) is 0 Å². The Morgan fingerprint density at radius 1 is 1.20 bits per heavy atom. The number of halogens is 1. The van der Waals surface area contributed by atoms with Gasteiger partial charge in [-0.05, 0) is 12.1 Å². The minimum atomic E-state index is 0.405. The summed E-state index contributed by atoms with van der Waals surface area (Å²) in [6.07, 6.45) is 7.98. The number of nitrogens with two attached hydrogens (primary N) is 1. The van der Waals surface area contributed by atoms with Crippen molar-refractivity contribution in [3.63, 3.8) is 0 Å². The van der Waals surface area contributed by atoms with E-state index in [0.717, 1.165) is 0 Å². The van der Waals surface area contributed by atoms with Gasteiger partial charge in [-0.2, -0.15) is 0 Å². The fraction of sp³-hybridized carbons (Fsp3) is 0. The molecule has 8 heteroatoms. The zero-order valence-corrected chi connectivity index (χ0v) is 11.0. The van der Waals surface area contributed by atoms with Gasteiger partial charge in [-0.15, -0.1) is 0 Å². The molecule has 0 aliphatic carbocycles. The molecule has 0 aliphatic rings. The van der Waals surface area contributed by atoms with Crippen LogP contribution in [0.2, 0.25) is 5.02 Å². The van der Waals surface area contributed by atoms with E-state index >= 15 is 0 Å². The quantitative estimate of drug-likeness (QED) is 0.765. The first-order valence-electron chi connectivity index (χ1n) is 5.71. The van der Waals surface area contributed by atoms with Crippen molar-refractivity contribution in [2.24, 2.45) is 0 Å². The van der Waals surface area contributed by atoms with Gasteiger partial charge in [-0.1, -0.05) is 11.6 Å². The third-order valence-electron chi connectivity index (χ3n) is 2.59. The van der Waals surface area contributed by atoms with E-state index in [1.807, 2.05) is 0 Å². The van der Waals surface area contributed by atoms with Crippen LogP contribution in [0.3, 0.4) is 0 Å². The molecule has 7 nitrogen and oxygen atoms in total. The van der Waals surface area contributed by atoms with E-state index in [4.69, 9.17) is 17.3 Å². The first-order valence-corrected chi connectivity index (χ1v) is 6.09. The Hall–Kier alpha value is -2.67. The average molecular weight is 288 g/mol. The van der Waals surface area contributed by atoms with Crippen molar-refractivity contribution in [3.05, 3.63) is 48.4 Å². The van der Waals surface area contributed by atoms with E-state index in [1.165, 1.54) is 12.5 Å². The Balaban J connectivity index is 1.94. The lowest BCUT2D eigenvalue weighted by Crippen LogP contribution is -2.07. The van der Waals surface area contributed by atoms with E-state index in [1.54, 1.807) is 35.4 Å². The largest absolute Gasteiger partial charge is 0.393 e. The number of anilines is 3. The summed E-state index contributed by atoms with van der Waals surface area (Å²) in [7, 11) is 0. The fourth-order valence-corrected chi connectivity index (χ4v) is 1.76. The maximum absolute atomic E-state index is 6.06. The van der Waals surface area contributed by atoms with Crippen LogP contribution >= 0.6 is 11.6 Å². The van der Waals surface area contributed by atoms with Crippen molar-refractivity contribution in [3.8, 4) is 5.82 Å². The predicted molar refractivity (Wildman–Crippen MR) is 76.1 cm³/mol. The second kappa shape index (κ2) is 5.14. The van der Waals surface area contributed by atoms with Crippen LogP contribution in [0.5, 0.6) is 0 Å². The van der Waals surface area contributed by atoms with Gasteiger partial charge >= 0.3 is 0 Å². The number of nitrogen functional groups attached to an aromatic ring is 1. The van der Waals surface area contributed by atoms with Gasteiger partial charge in [0.15, 0.2) is 11.6 Å². The van der Waals surface area contributed by atoms with Gasteiger partial charge in [0.2, 0.25) is 0 Å². The molecule has 0 unspecified atom stereocenters. The Morgan fingerprint density at radius 2 is 2.10 bits per heavy atom. The van der Waals surface area contributed by atoms with Crippen LogP contribution in [0.4, 0.5) is 17.3 Å². The molecule has 100 valence electrons. The number of nitrogens with one attached hydrogen (secondary N) is 1. The summed E-state index contributed by atoms with van der Waals surface area (Å²) in [5.74, 6) is 1.61. The predicted octanol–water partition coefficient (Wildman–Crippen LogP) is 2.04. The minimum Gasteiger partial charge on any atom is -0.393 e. The lowest BCUT2D eigenvalue weighted by molar-refractivity contribution is 0.977. The standard InChI is InChI=1S/C12H10ClN7/c13-8-1-2-9(16-5-8)19-11-10(14)12(18-6-17-11)20-4-3-15-7-20/h1-7H,14H2,(H,16,17,18,19). The molecule has 0 fully saturated rings. The molecule has 3 rings (SSSR count). The normalized spacial score (nSPS) is 10.4. The zero-order chi connectivity index (χ0) is 13.9. The Labute approximate surface area is 119 Å². The van der Waals surface area contributed by atoms with E-state index in [0.29, 0.717) is 28.2 Å². The molecular weight excluding hydrogens is 278 g/mol. The third-order valence-corrected chi connectivity index (χ3v) is 2.81. The summed E-state index contributed by atoms with van der Waals surface area (Å²) in [6.45, 7) is 0. The van der Waals surface area contributed by atoms with E-state index in [-0.39, 0.29) is 0 Å². The highest BCUT2D eigenvalue weighted by molar-refractivity contribution is 6.30. The molecule has 0 saturated carbocycles. The average Bonchev–Trinajstić information content (AvgIpc) is 2.97. The SMILES string of the molecule is Nc1c(Nc2ccc(Cl)cn2)ncnc1-n1ccnc1. The lowest BCUT2D eigenvalue weighted by Gasteiger charge is -2.10. The van der Waals surface area contributed by atoms with Crippen LogP contribution < -0.4 is 11.1 Å². The minimum absolute atomic E-state index is 0.405. The van der Waals surface area contributed by atoms with Gasteiger partial charge in [0, 0.05) is 18.6 Å². The number of hydrogen-bond donors (Lipinski definition) is 2. The monoisotopic (exact) mass is 287 g/mol. The molecule has 0 aromatic carbocycles. The van der Waals surface area contributed by atoms with Crippen LogP contribution in [-0.4, -0.2) is 24.5 Å². The number of nitrogens with zero attached hydrogens (tertiary/aromatic N) is 5. The fourth-order valence-electron chi connectivity index (χ4n) is 1.65. The summed E-state index contributed by atoms with van der Waals surface area (Å²) < 4.78 is 1.71. The van der Waals surface area contributed by atoms with Crippen molar-refractivity contribution in [1.82, 2.24) is 24.5 Å². The van der Waals surface area contributed by atoms with Gasteiger partial charge in [0.1, 0.15) is 24.2 Å². The molecular formula is C12H10ClN7. The maximum atomic E-state index is 6.06. The molecule has 0 aliphatic heterocycles. The van der Waals surface area contributed by atoms with Gasteiger partial charge in [0.25, 0.3) is 0 Å². The van der Waals surface area contributed by atoms with Crippen LogP contribution in [0.25, 0.3) is 5.82 Å². The molecule has 3 aromatic rings. The summed E-state index contributed by atoms with van der Waals surface area (Å²) in [5, 5.41) is 3.58. The van der Waals surface area contributed by atoms with Crippen LogP contribution in [0.15, 0.2) is 43.4 Å². The van der Waals surface area contributed by atoms with Gasteiger partial charge in [0.05, 0.1) is 5.02 Å². The highest BCUT2D eigenvalue weighted by atomic mass is 35.5. The number of pyridine rings is 1. The van der Waals surface area contributed by atoms with Gasteiger partial charge in [-0.3, -0.25) is 4.57 Å². The molecule has 3 heterocycles. The van der Waals surface area contributed by atoms with E-state index in [9.17, 15) is 0 Å². The number of hydrogen-bond acceptors (Lipinski definition) is 6. The van der Waals surface area contributed by atoms with E-state index < -0.39 is 0 Å². The van der Waals surface area contributed by atoms with Crippen molar-refractivity contribution >= 4 is 28.9 Å². The van der Waals surface area contributed by atoms with Crippen LogP contribution in [-0.2, 0) is 0 Å². The summed E-state index contributed by atoms with van der Waals surface area (Å²) >= 11 is 5.79. The Kier molecular flexibility index (Phi) is 3.18. The molecule has 20 heavy (non-hydrogen) atoms. The van der Waals surface area contributed by atoms with Gasteiger partial charge < -0.3 is 11.1 Å². The molecule has 0 saturated heterocycles. The topological polar surface area (TPSA) is 94.5 Å². The second-order valence-corrected chi connectivity index (χ2v) is 4.35. The van der Waals surface area contributed by atoms with Crippen LogP contribution in [0.1, 0.15) is 0 Å². The maximum Gasteiger partial charge on any atom is 0.166 e. The van der Waals surface area contributed by atoms with E-state index in [2.05, 4.69) is 25.3 Å². The molecule has 3 N–H and O–H groups in total. The van der Waals surface area contributed by atoms with Gasteiger partial charge in [-0.25, -0.2) is 19.9 Å². The van der Waals surface area contributed by atoms with Crippen molar-refractivity contribution in [2.75, 3.05) is 11.1 Å². The Bertz CT molecular complexity index is 709. The van der Waals surface area contributed by atoms with Crippen molar-refractivity contribution < 1.29 is 0 Å². The smallest absolute Gasteiger partial charge is 0.166 e. The number of imidazole rings is 1. The lowest BCUT2D eigenvalue weighted by atomic mass is 10.4. The summed E-state index contributed by atoms with van der Waals surface area (Å²) in [6, 6.07) is 3.46. The van der Waals surface area contributed by atoms with Crippen LogP contribution in [0, 0.1) is 0 Å². The molecule has 0 radical (unpaired) electrons. The number of rotatable bonds is 3. The highest BCUT2D eigenvalue weighted by Gasteiger charge is 2.10. The van der Waals surface area contributed by atoms with Crippen molar-refractivity contribution in [2.45, 2.75) is 0 Å². The molecule has 0 bridgehead atoms. The molecule has 0 spiro atoms. The molecule has 0 amide bonds. The molecule has 3 aromatic heterocycles. The number of aromatic nitrogens is 5. The zero-order valence-electron chi connectivity index (χ0n) is 10.2. The molecule has 0 atom stereocenters.